The van der Waals surface area contributed by atoms with Gasteiger partial charge in [0.05, 0.1) is 5.69 Å². The topological polar surface area (TPSA) is 87.7 Å². The fourth-order valence-corrected chi connectivity index (χ4v) is 2.06. The van der Waals surface area contributed by atoms with Gasteiger partial charge < -0.3 is 4.52 Å². The first-order valence-corrected chi connectivity index (χ1v) is 6.34. The monoisotopic (exact) mass is 277 g/mol. The summed E-state index contributed by atoms with van der Waals surface area (Å²) in [5.41, 5.74) is 11.6. The van der Waals surface area contributed by atoms with Crippen molar-refractivity contribution in [2.45, 2.75) is 6.92 Å². The highest BCUT2D eigenvalue weighted by Crippen LogP contribution is 2.30. The lowest BCUT2D eigenvalue weighted by Gasteiger charge is -1.99. The van der Waals surface area contributed by atoms with Crippen molar-refractivity contribution < 1.29 is 4.52 Å². The van der Waals surface area contributed by atoms with Crippen molar-refractivity contribution in [3.63, 3.8) is 0 Å². The summed E-state index contributed by atoms with van der Waals surface area (Å²) in [5.74, 6) is 0.843. The summed E-state index contributed by atoms with van der Waals surface area (Å²) >= 11 is 0. The summed E-state index contributed by atoms with van der Waals surface area (Å²) in [6.07, 6.45) is 0. The Hall–Kier alpha value is -3.11. The molecule has 3 aromatic rings. The highest BCUT2D eigenvalue weighted by Gasteiger charge is 2.14. The van der Waals surface area contributed by atoms with Crippen LogP contribution in [-0.2, 0) is 0 Å². The molecule has 0 aliphatic rings. The average molecular weight is 277 g/mol. The Morgan fingerprint density at radius 3 is 2.52 bits per heavy atom. The summed E-state index contributed by atoms with van der Waals surface area (Å²) in [6.45, 7) is 1.99. The molecule has 0 saturated heterocycles. The lowest BCUT2D eigenvalue weighted by atomic mass is 10.1. The Balaban J connectivity index is 2.07. The maximum absolute atomic E-state index is 8.60. The Morgan fingerprint density at radius 2 is 1.76 bits per heavy atom. The van der Waals surface area contributed by atoms with Crippen molar-refractivity contribution in [1.29, 1.82) is 0 Å². The number of aromatic nitrogens is 2. The smallest absolute Gasteiger partial charge is 0.258 e. The zero-order chi connectivity index (χ0) is 14.7. The molecule has 0 fully saturated rings. The van der Waals surface area contributed by atoms with Crippen molar-refractivity contribution in [2.75, 3.05) is 0 Å². The third-order valence-corrected chi connectivity index (χ3v) is 3.10. The van der Waals surface area contributed by atoms with Gasteiger partial charge in [-0.2, -0.15) is 4.98 Å². The van der Waals surface area contributed by atoms with Gasteiger partial charge in [0.1, 0.15) is 0 Å². The first kappa shape index (κ1) is 12.9. The Bertz CT molecular complexity index is 833. The molecule has 0 radical (unpaired) electrons. The van der Waals surface area contributed by atoms with Gasteiger partial charge in [0.2, 0.25) is 5.82 Å². The van der Waals surface area contributed by atoms with Gasteiger partial charge in [-0.15, -0.1) is 0 Å². The standard InChI is InChI=1S/C15H11N5O/c1-10-6-2-3-7-11(10)14-17-15(21-19-14)12-8-4-5-9-13(12)18-20-16/h2-9H,1H3. The van der Waals surface area contributed by atoms with E-state index in [1.807, 2.05) is 37.3 Å². The van der Waals surface area contributed by atoms with Crippen molar-refractivity contribution in [2.24, 2.45) is 5.11 Å². The van der Waals surface area contributed by atoms with Crippen LogP contribution in [0.4, 0.5) is 5.69 Å². The van der Waals surface area contributed by atoms with E-state index in [1.54, 1.807) is 18.2 Å². The first-order valence-electron chi connectivity index (χ1n) is 6.34. The number of azide groups is 1. The van der Waals surface area contributed by atoms with E-state index in [0.717, 1.165) is 11.1 Å². The van der Waals surface area contributed by atoms with Crippen LogP contribution in [0.15, 0.2) is 58.2 Å². The summed E-state index contributed by atoms with van der Waals surface area (Å²) in [4.78, 5) is 7.20. The van der Waals surface area contributed by atoms with E-state index in [9.17, 15) is 0 Å². The van der Waals surface area contributed by atoms with Crippen LogP contribution < -0.4 is 0 Å². The Labute approximate surface area is 120 Å². The fourth-order valence-electron chi connectivity index (χ4n) is 2.06. The number of benzene rings is 2. The third kappa shape index (κ3) is 2.48. The zero-order valence-corrected chi connectivity index (χ0v) is 11.3. The lowest BCUT2D eigenvalue weighted by molar-refractivity contribution is 0.432. The number of hydrogen-bond acceptors (Lipinski definition) is 4. The maximum Gasteiger partial charge on any atom is 0.258 e. The lowest BCUT2D eigenvalue weighted by Crippen LogP contribution is -1.85. The van der Waals surface area contributed by atoms with Gasteiger partial charge in [0.15, 0.2) is 0 Å². The van der Waals surface area contributed by atoms with Gasteiger partial charge in [-0.1, -0.05) is 52.7 Å². The molecular weight excluding hydrogens is 266 g/mol. The number of rotatable bonds is 3. The Morgan fingerprint density at radius 1 is 1.05 bits per heavy atom. The van der Waals surface area contributed by atoms with Gasteiger partial charge >= 0.3 is 0 Å². The van der Waals surface area contributed by atoms with E-state index in [2.05, 4.69) is 20.2 Å². The first-order chi connectivity index (χ1) is 10.3. The van der Waals surface area contributed by atoms with Crippen LogP contribution in [0.25, 0.3) is 33.3 Å². The maximum atomic E-state index is 8.60. The van der Waals surface area contributed by atoms with Crippen LogP contribution >= 0.6 is 0 Å². The van der Waals surface area contributed by atoms with Crippen LogP contribution in [0.3, 0.4) is 0 Å². The van der Waals surface area contributed by atoms with Crippen LogP contribution in [0.5, 0.6) is 0 Å². The van der Waals surface area contributed by atoms with Gasteiger partial charge in [-0.25, -0.2) is 0 Å². The molecule has 0 aliphatic heterocycles. The molecular formula is C15H11N5O. The molecule has 102 valence electrons. The minimum absolute atomic E-state index is 0.330. The molecule has 0 amide bonds. The summed E-state index contributed by atoms with van der Waals surface area (Å²) < 4.78 is 5.30. The largest absolute Gasteiger partial charge is 0.334 e. The van der Waals surface area contributed by atoms with Gasteiger partial charge in [0, 0.05) is 16.0 Å². The van der Waals surface area contributed by atoms with Gasteiger partial charge in [-0.3, -0.25) is 0 Å². The van der Waals surface area contributed by atoms with Crippen LogP contribution in [-0.4, -0.2) is 10.1 Å². The highest BCUT2D eigenvalue weighted by atomic mass is 16.5. The predicted molar refractivity (Wildman–Crippen MR) is 78.7 cm³/mol. The minimum Gasteiger partial charge on any atom is -0.334 e. The molecule has 0 N–H and O–H groups in total. The van der Waals surface area contributed by atoms with Gasteiger partial charge in [0.25, 0.3) is 5.89 Å². The fraction of sp³-hybridized carbons (Fsp3) is 0.0667. The van der Waals surface area contributed by atoms with E-state index in [1.165, 1.54) is 0 Å². The van der Waals surface area contributed by atoms with E-state index in [0.29, 0.717) is 23.0 Å². The molecule has 3 rings (SSSR count). The van der Waals surface area contributed by atoms with Crippen molar-refractivity contribution in [1.82, 2.24) is 10.1 Å². The highest BCUT2D eigenvalue weighted by molar-refractivity contribution is 5.71. The van der Waals surface area contributed by atoms with Gasteiger partial charge in [-0.05, 0) is 24.1 Å². The molecule has 1 aromatic heterocycles. The molecule has 6 nitrogen and oxygen atoms in total. The second kappa shape index (κ2) is 5.48. The molecule has 0 atom stereocenters. The molecule has 21 heavy (non-hydrogen) atoms. The summed E-state index contributed by atoms with van der Waals surface area (Å²) in [5, 5.41) is 7.64. The quantitative estimate of drug-likeness (QED) is 0.396. The third-order valence-electron chi connectivity index (χ3n) is 3.10. The van der Waals surface area contributed by atoms with E-state index >= 15 is 0 Å². The molecule has 0 unspecified atom stereocenters. The Kier molecular flexibility index (Phi) is 3.37. The minimum atomic E-state index is 0.330. The molecule has 0 saturated carbocycles. The molecule has 6 heteroatoms. The molecule has 0 aliphatic carbocycles. The number of aryl methyl sites for hydroxylation is 1. The van der Waals surface area contributed by atoms with Crippen molar-refractivity contribution in [3.05, 3.63) is 64.5 Å². The van der Waals surface area contributed by atoms with Crippen molar-refractivity contribution >= 4 is 5.69 Å². The van der Waals surface area contributed by atoms with E-state index < -0.39 is 0 Å². The molecule has 0 bridgehead atoms. The summed E-state index contributed by atoms with van der Waals surface area (Å²) in [7, 11) is 0. The summed E-state index contributed by atoms with van der Waals surface area (Å²) in [6, 6.07) is 14.9. The van der Waals surface area contributed by atoms with E-state index in [4.69, 9.17) is 10.1 Å². The molecule has 1 heterocycles. The average Bonchev–Trinajstić information content (AvgIpc) is 2.98. The normalized spacial score (nSPS) is 10.1. The second-order valence-corrected chi connectivity index (χ2v) is 4.44. The van der Waals surface area contributed by atoms with Crippen LogP contribution in [0.2, 0.25) is 0 Å². The van der Waals surface area contributed by atoms with Crippen molar-refractivity contribution in [3.8, 4) is 22.8 Å². The second-order valence-electron chi connectivity index (χ2n) is 4.44. The molecule has 0 spiro atoms. The predicted octanol–water partition coefficient (Wildman–Crippen LogP) is 4.65. The number of hydrogen-bond donors (Lipinski definition) is 0. The molecule has 2 aromatic carbocycles. The van der Waals surface area contributed by atoms with Crippen LogP contribution in [0.1, 0.15) is 5.56 Å². The zero-order valence-electron chi connectivity index (χ0n) is 11.3. The van der Waals surface area contributed by atoms with E-state index in [-0.39, 0.29) is 0 Å². The number of nitrogens with zero attached hydrogens (tertiary/aromatic N) is 5. The van der Waals surface area contributed by atoms with Crippen LogP contribution in [0, 0.1) is 6.92 Å². The SMILES string of the molecule is Cc1ccccc1-c1noc(-c2ccccc2N=[N+]=[N-])n1.